The van der Waals surface area contributed by atoms with Gasteiger partial charge in [-0.15, -0.1) is 11.3 Å². The van der Waals surface area contributed by atoms with Crippen LogP contribution < -0.4 is 5.32 Å². The number of para-hydroxylation sites is 1. The number of aromatic nitrogens is 3. The molecule has 0 spiro atoms. The van der Waals surface area contributed by atoms with Gasteiger partial charge in [-0.1, -0.05) is 30.3 Å². The van der Waals surface area contributed by atoms with Gasteiger partial charge in [-0.25, -0.2) is 4.98 Å². The summed E-state index contributed by atoms with van der Waals surface area (Å²) in [4.78, 5) is 20.3. The Bertz CT molecular complexity index is 1200. The first-order chi connectivity index (χ1) is 13.5. The Morgan fingerprint density at radius 3 is 2.68 bits per heavy atom. The molecule has 4 rings (SSSR count). The van der Waals surface area contributed by atoms with E-state index in [4.69, 9.17) is 12.2 Å². The van der Waals surface area contributed by atoms with E-state index in [1.54, 1.807) is 10.8 Å². The summed E-state index contributed by atoms with van der Waals surface area (Å²) in [5.41, 5.74) is 5.59. The maximum Gasteiger partial charge on any atom is 0.276 e. The molecule has 0 fully saturated rings. The number of carbonyl (C=O) groups is 1. The van der Waals surface area contributed by atoms with Crippen molar-refractivity contribution in [1.29, 1.82) is 0 Å². The lowest BCUT2D eigenvalue weighted by Crippen LogP contribution is -2.16. The predicted octanol–water partition coefficient (Wildman–Crippen LogP) is 5.53. The highest BCUT2D eigenvalue weighted by atomic mass is 32.1. The summed E-state index contributed by atoms with van der Waals surface area (Å²) < 4.78 is 2.18. The maximum atomic E-state index is 12.8. The molecule has 0 saturated carbocycles. The number of hydrogen-bond donors (Lipinski definition) is 2. The molecule has 2 aromatic carbocycles. The van der Waals surface area contributed by atoms with Gasteiger partial charge < -0.3 is 4.98 Å². The zero-order valence-electron chi connectivity index (χ0n) is 15.4. The van der Waals surface area contributed by atoms with Gasteiger partial charge in [-0.3, -0.25) is 14.7 Å². The molecule has 0 unspecified atom stereocenters. The molecule has 0 aliphatic rings. The molecule has 0 atom stereocenters. The van der Waals surface area contributed by atoms with Crippen LogP contribution >= 0.6 is 23.6 Å². The van der Waals surface area contributed by atoms with Gasteiger partial charge in [0.2, 0.25) is 0 Å². The van der Waals surface area contributed by atoms with Gasteiger partial charge in [-0.2, -0.15) is 0 Å². The standard InChI is InChI=1S/C21H18N4OS2/c1-13-8-9-15(10-14(13)2)17-12-28-20(23-17)24-19(26)18-11-22-21(27)25(18)16-6-4-3-5-7-16/h3-12H,1-2H3,(H,22,27)(H,23,24,26). The van der Waals surface area contributed by atoms with Crippen LogP contribution in [0.25, 0.3) is 16.9 Å². The number of carbonyl (C=O) groups excluding carboxylic acids is 1. The summed E-state index contributed by atoms with van der Waals surface area (Å²) >= 11 is 6.74. The summed E-state index contributed by atoms with van der Waals surface area (Å²) in [6.07, 6.45) is 1.61. The van der Waals surface area contributed by atoms with Crippen molar-refractivity contribution in [3.63, 3.8) is 0 Å². The zero-order valence-corrected chi connectivity index (χ0v) is 17.0. The van der Waals surface area contributed by atoms with Crippen molar-refractivity contribution >= 4 is 34.6 Å². The summed E-state index contributed by atoms with van der Waals surface area (Å²) in [6, 6.07) is 15.8. The van der Waals surface area contributed by atoms with E-state index in [2.05, 4.69) is 41.3 Å². The highest BCUT2D eigenvalue weighted by molar-refractivity contribution is 7.71. The molecular formula is C21H18N4OS2. The Morgan fingerprint density at radius 1 is 1.14 bits per heavy atom. The van der Waals surface area contributed by atoms with Crippen molar-refractivity contribution in [2.24, 2.45) is 0 Å². The molecule has 0 bridgehead atoms. The fourth-order valence-corrected chi connectivity index (χ4v) is 3.87. The Morgan fingerprint density at radius 2 is 1.93 bits per heavy atom. The van der Waals surface area contributed by atoms with Crippen LogP contribution in [0.15, 0.2) is 60.1 Å². The highest BCUT2D eigenvalue weighted by Crippen LogP contribution is 2.27. The van der Waals surface area contributed by atoms with Crippen LogP contribution in [-0.2, 0) is 0 Å². The van der Waals surface area contributed by atoms with Crippen LogP contribution in [-0.4, -0.2) is 20.4 Å². The molecule has 0 radical (unpaired) electrons. The quantitative estimate of drug-likeness (QED) is 0.438. The molecule has 0 saturated heterocycles. The number of imidazole rings is 1. The molecular weight excluding hydrogens is 388 g/mol. The van der Waals surface area contributed by atoms with Gasteiger partial charge in [-0.05, 0) is 55.4 Å². The third kappa shape index (κ3) is 3.54. The Labute approximate surface area is 171 Å². The van der Waals surface area contributed by atoms with Crippen molar-refractivity contribution in [2.75, 3.05) is 5.32 Å². The molecule has 140 valence electrons. The summed E-state index contributed by atoms with van der Waals surface area (Å²) in [7, 11) is 0. The number of rotatable bonds is 4. The first-order valence-electron chi connectivity index (χ1n) is 8.73. The maximum absolute atomic E-state index is 12.8. The number of hydrogen-bond acceptors (Lipinski definition) is 4. The average molecular weight is 407 g/mol. The number of aryl methyl sites for hydroxylation is 2. The number of benzene rings is 2. The van der Waals surface area contributed by atoms with Crippen LogP contribution in [0.4, 0.5) is 5.13 Å². The molecule has 28 heavy (non-hydrogen) atoms. The molecule has 2 N–H and O–H groups in total. The van der Waals surface area contributed by atoms with Gasteiger partial charge in [0.25, 0.3) is 5.91 Å². The zero-order chi connectivity index (χ0) is 19.7. The number of amides is 1. The summed E-state index contributed by atoms with van der Waals surface area (Å²) in [5, 5.41) is 5.37. The topological polar surface area (TPSA) is 62.7 Å². The summed E-state index contributed by atoms with van der Waals surface area (Å²) in [5.74, 6) is -0.266. The van der Waals surface area contributed by atoms with Gasteiger partial charge in [0.05, 0.1) is 5.69 Å². The van der Waals surface area contributed by atoms with E-state index in [9.17, 15) is 4.79 Å². The van der Waals surface area contributed by atoms with Crippen molar-refractivity contribution in [3.05, 3.63) is 81.7 Å². The molecule has 0 aliphatic heterocycles. The van der Waals surface area contributed by atoms with Gasteiger partial charge in [0.1, 0.15) is 5.69 Å². The molecule has 5 nitrogen and oxygen atoms in total. The second-order valence-corrected chi connectivity index (χ2v) is 7.69. The number of aromatic amines is 1. The fourth-order valence-electron chi connectivity index (χ4n) is 2.89. The largest absolute Gasteiger partial charge is 0.336 e. The van der Waals surface area contributed by atoms with Crippen molar-refractivity contribution in [3.8, 4) is 16.9 Å². The lowest BCUT2D eigenvalue weighted by Gasteiger charge is -2.07. The predicted molar refractivity (Wildman–Crippen MR) is 116 cm³/mol. The smallest absolute Gasteiger partial charge is 0.276 e. The molecule has 2 heterocycles. The monoisotopic (exact) mass is 406 g/mol. The minimum absolute atomic E-state index is 0.266. The van der Waals surface area contributed by atoms with E-state index < -0.39 is 0 Å². The number of H-pyrrole nitrogens is 1. The van der Waals surface area contributed by atoms with E-state index in [1.165, 1.54) is 22.5 Å². The normalized spacial score (nSPS) is 10.8. The van der Waals surface area contributed by atoms with Crippen LogP contribution in [0.5, 0.6) is 0 Å². The van der Waals surface area contributed by atoms with Gasteiger partial charge >= 0.3 is 0 Å². The minimum Gasteiger partial charge on any atom is -0.336 e. The van der Waals surface area contributed by atoms with Crippen LogP contribution in [0.1, 0.15) is 21.6 Å². The van der Waals surface area contributed by atoms with E-state index in [1.807, 2.05) is 41.8 Å². The number of anilines is 1. The van der Waals surface area contributed by atoms with Crippen molar-refractivity contribution in [1.82, 2.24) is 14.5 Å². The average Bonchev–Trinajstić information content (AvgIpc) is 3.31. The second kappa shape index (κ2) is 7.53. The molecule has 1 amide bonds. The van der Waals surface area contributed by atoms with Crippen molar-refractivity contribution in [2.45, 2.75) is 13.8 Å². The Hall–Kier alpha value is -3.03. The minimum atomic E-state index is -0.266. The molecule has 0 aliphatic carbocycles. The van der Waals surface area contributed by atoms with E-state index in [0.29, 0.717) is 15.6 Å². The first kappa shape index (κ1) is 18.3. The second-order valence-electron chi connectivity index (χ2n) is 6.44. The lowest BCUT2D eigenvalue weighted by atomic mass is 10.1. The number of nitrogens with one attached hydrogen (secondary N) is 2. The fraction of sp³-hybridized carbons (Fsp3) is 0.0952. The molecule has 4 aromatic rings. The Kier molecular flexibility index (Phi) is 4.93. The van der Waals surface area contributed by atoms with Crippen LogP contribution in [0.3, 0.4) is 0 Å². The molecule has 2 aromatic heterocycles. The van der Waals surface area contributed by atoms with Gasteiger partial charge in [0, 0.05) is 22.8 Å². The van der Waals surface area contributed by atoms with E-state index in [0.717, 1.165) is 16.9 Å². The number of nitrogens with zero attached hydrogens (tertiary/aromatic N) is 2. The van der Waals surface area contributed by atoms with Crippen LogP contribution in [0, 0.1) is 18.6 Å². The van der Waals surface area contributed by atoms with Crippen molar-refractivity contribution < 1.29 is 4.79 Å². The summed E-state index contributed by atoms with van der Waals surface area (Å²) in [6.45, 7) is 4.16. The van der Waals surface area contributed by atoms with E-state index in [-0.39, 0.29) is 5.91 Å². The molecule has 7 heteroatoms. The Balaban J connectivity index is 1.60. The lowest BCUT2D eigenvalue weighted by molar-refractivity contribution is 0.102. The van der Waals surface area contributed by atoms with E-state index >= 15 is 0 Å². The third-order valence-corrected chi connectivity index (χ3v) is 5.61. The third-order valence-electron chi connectivity index (χ3n) is 4.55. The van der Waals surface area contributed by atoms with Gasteiger partial charge in [0.15, 0.2) is 9.90 Å². The SMILES string of the molecule is Cc1ccc(-c2csc(NC(=O)c3c[nH]c(=S)n3-c3ccccc3)n2)cc1C. The van der Waals surface area contributed by atoms with Crippen LogP contribution in [0.2, 0.25) is 0 Å². The number of thiazole rings is 1. The first-order valence-corrected chi connectivity index (χ1v) is 10.0. The highest BCUT2D eigenvalue weighted by Gasteiger charge is 2.16.